The van der Waals surface area contributed by atoms with Crippen LogP contribution in [0.1, 0.15) is 12.0 Å². The molecule has 5 heteroatoms. The van der Waals surface area contributed by atoms with E-state index in [4.69, 9.17) is 4.74 Å². The zero-order valence-electron chi connectivity index (χ0n) is 15.2. The Kier molecular flexibility index (Phi) is 4.95. The first-order chi connectivity index (χ1) is 12.8. The molecule has 0 amide bonds. The third-order valence-electron chi connectivity index (χ3n) is 5.09. The number of nitrogens with zero attached hydrogens (tertiary/aromatic N) is 2. The third kappa shape index (κ3) is 3.77. The van der Waals surface area contributed by atoms with Gasteiger partial charge in [-0.1, -0.05) is 36.4 Å². The zero-order chi connectivity index (χ0) is 17.8. The molecule has 2 aromatic carbocycles. The standard InChI is InChI=1S/C21H26N4O/c1-22-21(23-14-19-13-16-7-5-6-10-20(16)26-19)24-17-11-12-25(15-17)18-8-3-2-4-9-18/h2-10,17,19H,11-15H2,1H3,(H2,22,23,24). The van der Waals surface area contributed by atoms with Crippen LogP contribution in [-0.2, 0) is 6.42 Å². The minimum absolute atomic E-state index is 0.162. The van der Waals surface area contributed by atoms with Crippen molar-refractivity contribution in [3.8, 4) is 5.75 Å². The van der Waals surface area contributed by atoms with Gasteiger partial charge in [0.05, 0.1) is 6.54 Å². The highest BCUT2D eigenvalue weighted by Gasteiger charge is 2.25. The Morgan fingerprint density at radius 2 is 1.96 bits per heavy atom. The van der Waals surface area contributed by atoms with Gasteiger partial charge in [0, 0.05) is 38.3 Å². The van der Waals surface area contributed by atoms with E-state index < -0.39 is 0 Å². The van der Waals surface area contributed by atoms with Gasteiger partial charge >= 0.3 is 0 Å². The third-order valence-corrected chi connectivity index (χ3v) is 5.09. The highest BCUT2D eigenvalue weighted by atomic mass is 16.5. The van der Waals surface area contributed by atoms with Crippen LogP contribution < -0.4 is 20.3 Å². The predicted molar refractivity (Wildman–Crippen MR) is 106 cm³/mol. The molecule has 2 unspecified atom stereocenters. The normalized spacial score (nSPS) is 22.0. The van der Waals surface area contributed by atoms with Crippen molar-refractivity contribution in [3.05, 3.63) is 60.2 Å². The van der Waals surface area contributed by atoms with Gasteiger partial charge < -0.3 is 20.3 Å². The number of para-hydroxylation sites is 2. The van der Waals surface area contributed by atoms with Gasteiger partial charge in [0.1, 0.15) is 11.9 Å². The first-order valence-corrected chi connectivity index (χ1v) is 9.33. The summed E-state index contributed by atoms with van der Waals surface area (Å²) in [6, 6.07) is 19.3. The van der Waals surface area contributed by atoms with Gasteiger partial charge in [0.15, 0.2) is 5.96 Å². The van der Waals surface area contributed by atoms with Crippen molar-refractivity contribution in [2.24, 2.45) is 4.99 Å². The Balaban J connectivity index is 1.26. The lowest BCUT2D eigenvalue weighted by Gasteiger charge is -2.21. The summed E-state index contributed by atoms with van der Waals surface area (Å²) in [6.07, 6.45) is 2.22. The summed E-state index contributed by atoms with van der Waals surface area (Å²) in [6.45, 7) is 2.82. The number of aliphatic imine (C=N–C) groups is 1. The van der Waals surface area contributed by atoms with E-state index in [0.29, 0.717) is 6.04 Å². The minimum Gasteiger partial charge on any atom is -0.488 e. The Morgan fingerprint density at radius 3 is 2.77 bits per heavy atom. The van der Waals surface area contributed by atoms with Crippen LogP contribution in [0.25, 0.3) is 0 Å². The lowest BCUT2D eigenvalue weighted by Crippen LogP contribution is -2.47. The van der Waals surface area contributed by atoms with Crippen molar-refractivity contribution in [2.45, 2.75) is 25.0 Å². The smallest absolute Gasteiger partial charge is 0.191 e. The monoisotopic (exact) mass is 350 g/mol. The fourth-order valence-electron chi connectivity index (χ4n) is 3.72. The van der Waals surface area contributed by atoms with E-state index in [-0.39, 0.29) is 6.10 Å². The maximum absolute atomic E-state index is 5.99. The van der Waals surface area contributed by atoms with E-state index >= 15 is 0 Å². The van der Waals surface area contributed by atoms with Crippen molar-refractivity contribution < 1.29 is 4.74 Å². The number of fused-ring (bicyclic) bond motifs is 1. The molecule has 2 atom stereocenters. The fourth-order valence-corrected chi connectivity index (χ4v) is 3.72. The molecule has 2 N–H and O–H groups in total. The molecular weight excluding hydrogens is 324 g/mol. The molecule has 1 fully saturated rings. The van der Waals surface area contributed by atoms with Gasteiger partial charge in [-0.15, -0.1) is 0 Å². The fraction of sp³-hybridized carbons (Fsp3) is 0.381. The summed E-state index contributed by atoms with van der Waals surface area (Å²) < 4.78 is 5.99. The number of hydrogen-bond acceptors (Lipinski definition) is 3. The van der Waals surface area contributed by atoms with Gasteiger partial charge in [-0.05, 0) is 30.2 Å². The second kappa shape index (κ2) is 7.68. The average Bonchev–Trinajstić information content (AvgIpc) is 3.32. The largest absolute Gasteiger partial charge is 0.488 e. The van der Waals surface area contributed by atoms with Crippen molar-refractivity contribution >= 4 is 11.6 Å². The molecule has 136 valence electrons. The van der Waals surface area contributed by atoms with E-state index in [1.807, 2.05) is 19.2 Å². The van der Waals surface area contributed by atoms with E-state index in [9.17, 15) is 0 Å². The van der Waals surface area contributed by atoms with Crippen LogP contribution in [0.3, 0.4) is 0 Å². The van der Waals surface area contributed by atoms with Crippen molar-refractivity contribution in [3.63, 3.8) is 0 Å². The van der Waals surface area contributed by atoms with Crippen LogP contribution in [-0.4, -0.2) is 44.8 Å². The zero-order valence-corrected chi connectivity index (χ0v) is 15.2. The summed E-state index contributed by atoms with van der Waals surface area (Å²) in [5.74, 6) is 1.86. The summed E-state index contributed by atoms with van der Waals surface area (Å²) in [5, 5.41) is 6.98. The highest BCUT2D eigenvalue weighted by Crippen LogP contribution is 2.27. The number of benzene rings is 2. The molecule has 0 spiro atoms. The molecule has 0 bridgehead atoms. The predicted octanol–water partition coefficient (Wildman–Crippen LogP) is 2.43. The molecule has 0 aromatic heterocycles. The molecule has 2 aliphatic heterocycles. The van der Waals surface area contributed by atoms with Crippen LogP contribution in [0, 0.1) is 0 Å². The van der Waals surface area contributed by atoms with Gasteiger partial charge in [0.2, 0.25) is 0 Å². The Labute approximate surface area is 155 Å². The van der Waals surface area contributed by atoms with E-state index in [2.05, 4.69) is 63.0 Å². The molecule has 2 aromatic rings. The first-order valence-electron chi connectivity index (χ1n) is 9.33. The first kappa shape index (κ1) is 16.8. The van der Waals surface area contributed by atoms with E-state index in [1.54, 1.807) is 0 Å². The van der Waals surface area contributed by atoms with E-state index in [1.165, 1.54) is 11.3 Å². The number of guanidine groups is 1. The highest BCUT2D eigenvalue weighted by molar-refractivity contribution is 5.80. The molecular formula is C21H26N4O. The van der Waals surface area contributed by atoms with Gasteiger partial charge in [-0.3, -0.25) is 4.99 Å². The molecule has 0 radical (unpaired) electrons. The minimum atomic E-state index is 0.162. The molecule has 5 nitrogen and oxygen atoms in total. The molecule has 0 saturated carbocycles. The van der Waals surface area contributed by atoms with Gasteiger partial charge in [-0.25, -0.2) is 0 Å². The maximum Gasteiger partial charge on any atom is 0.191 e. The van der Waals surface area contributed by atoms with Crippen molar-refractivity contribution in [1.29, 1.82) is 0 Å². The van der Waals surface area contributed by atoms with Crippen LogP contribution in [0.2, 0.25) is 0 Å². The number of ether oxygens (including phenoxy) is 1. The summed E-state index contributed by atoms with van der Waals surface area (Å²) in [7, 11) is 1.82. The SMILES string of the molecule is CN=C(NCC1Cc2ccccc2O1)NC1CCN(c2ccccc2)C1. The van der Waals surface area contributed by atoms with Crippen LogP contribution in [0.15, 0.2) is 59.6 Å². The number of rotatable bonds is 4. The summed E-state index contributed by atoms with van der Waals surface area (Å²) >= 11 is 0. The van der Waals surface area contributed by atoms with Gasteiger partial charge in [-0.2, -0.15) is 0 Å². The molecule has 1 saturated heterocycles. The Bertz CT molecular complexity index is 737. The molecule has 2 aliphatic rings. The lowest BCUT2D eigenvalue weighted by atomic mass is 10.1. The number of anilines is 1. The van der Waals surface area contributed by atoms with Gasteiger partial charge in [0.25, 0.3) is 0 Å². The summed E-state index contributed by atoms with van der Waals surface area (Å²) in [4.78, 5) is 6.80. The second-order valence-corrected chi connectivity index (χ2v) is 6.92. The topological polar surface area (TPSA) is 48.9 Å². The second-order valence-electron chi connectivity index (χ2n) is 6.92. The maximum atomic E-state index is 5.99. The molecule has 0 aliphatic carbocycles. The van der Waals surface area contributed by atoms with E-state index in [0.717, 1.165) is 44.2 Å². The molecule has 26 heavy (non-hydrogen) atoms. The number of nitrogens with one attached hydrogen (secondary N) is 2. The summed E-state index contributed by atoms with van der Waals surface area (Å²) in [5.41, 5.74) is 2.58. The lowest BCUT2D eigenvalue weighted by molar-refractivity contribution is 0.234. The Morgan fingerprint density at radius 1 is 1.15 bits per heavy atom. The number of hydrogen-bond donors (Lipinski definition) is 2. The van der Waals surface area contributed by atoms with Crippen LogP contribution in [0.4, 0.5) is 5.69 Å². The molecule has 4 rings (SSSR count). The van der Waals surface area contributed by atoms with Crippen LogP contribution in [0.5, 0.6) is 5.75 Å². The Hall–Kier alpha value is -2.69. The van der Waals surface area contributed by atoms with Crippen molar-refractivity contribution in [2.75, 3.05) is 31.6 Å². The average molecular weight is 350 g/mol. The van der Waals surface area contributed by atoms with Crippen molar-refractivity contribution in [1.82, 2.24) is 10.6 Å². The quantitative estimate of drug-likeness (QED) is 0.657. The van der Waals surface area contributed by atoms with Crippen LogP contribution >= 0.6 is 0 Å². The molecule has 2 heterocycles.